The van der Waals surface area contributed by atoms with Crippen molar-refractivity contribution in [1.29, 1.82) is 5.26 Å². The highest BCUT2D eigenvalue weighted by atomic mass is 15.1. The zero-order chi connectivity index (χ0) is 13.5. The molecule has 1 rings (SSSR count). The van der Waals surface area contributed by atoms with Gasteiger partial charge in [-0.05, 0) is 25.3 Å². The summed E-state index contributed by atoms with van der Waals surface area (Å²) in [6.45, 7) is 11.6. The molecule has 0 unspecified atom stereocenters. The van der Waals surface area contributed by atoms with Gasteiger partial charge in [-0.1, -0.05) is 43.2 Å². The lowest BCUT2D eigenvalue weighted by Crippen LogP contribution is -2.28. The maximum Gasteiger partial charge on any atom is 0.0635 e. The van der Waals surface area contributed by atoms with Crippen molar-refractivity contribution in [2.75, 3.05) is 13.1 Å². The molecule has 98 valence electrons. The second-order valence-electron chi connectivity index (χ2n) is 5.53. The number of nitriles is 1. The molecule has 0 radical (unpaired) electrons. The molecule has 0 saturated heterocycles. The minimum Gasteiger partial charge on any atom is -0.298 e. The van der Waals surface area contributed by atoms with Crippen LogP contribution >= 0.6 is 0 Å². The van der Waals surface area contributed by atoms with Crippen molar-refractivity contribution in [2.45, 2.75) is 40.7 Å². The largest absolute Gasteiger partial charge is 0.298 e. The number of hydrogen-bond donors (Lipinski definition) is 0. The average Bonchev–Trinajstić information content (AvgIpc) is 2.23. The first-order valence-electron chi connectivity index (χ1n) is 6.67. The summed E-state index contributed by atoms with van der Waals surface area (Å²) >= 11 is 0. The van der Waals surface area contributed by atoms with E-state index in [0.29, 0.717) is 12.3 Å². The van der Waals surface area contributed by atoms with Crippen LogP contribution in [0.4, 0.5) is 0 Å². The molecule has 1 aromatic rings. The van der Waals surface area contributed by atoms with Crippen LogP contribution in [0.2, 0.25) is 0 Å². The van der Waals surface area contributed by atoms with E-state index in [1.807, 2.05) is 0 Å². The average molecular weight is 244 g/mol. The predicted octanol–water partition coefficient (Wildman–Crippen LogP) is 3.68. The molecule has 0 atom stereocenters. The van der Waals surface area contributed by atoms with E-state index in [2.05, 4.69) is 56.9 Å². The quantitative estimate of drug-likeness (QED) is 0.763. The molecule has 1 aromatic carbocycles. The molecular formula is C16H24N2. The van der Waals surface area contributed by atoms with Gasteiger partial charge >= 0.3 is 0 Å². The summed E-state index contributed by atoms with van der Waals surface area (Å²) in [7, 11) is 0. The van der Waals surface area contributed by atoms with Crippen molar-refractivity contribution < 1.29 is 0 Å². The van der Waals surface area contributed by atoms with Crippen LogP contribution in [-0.4, -0.2) is 18.0 Å². The number of nitrogens with zero attached hydrogens (tertiary/aromatic N) is 2. The summed E-state index contributed by atoms with van der Waals surface area (Å²) in [6.07, 6.45) is 0.609. The van der Waals surface area contributed by atoms with Crippen LogP contribution in [0, 0.1) is 31.1 Å². The summed E-state index contributed by atoms with van der Waals surface area (Å²) in [4.78, 5) is 2.38. The molecule has 2 heteroatoms. The van der Waals surface area contributed by atoms with Crippen LogP contribution in [0.3, 0.4) is 0 Å². The van der Waals surface area contributed by atoms with Crippen LogP contribution < -0.4 is 0 Å². The zero-order valence-electron chi connectivity index (χ0n) is 12.0. The molecule has 0 N–H and O–H groups in total. The van der Waals surface area contributed by atoms with Crippen LogP contribution in [0.5, 0.6) is 0 Å². The molecule has 0 spiro atoms. The van der Waals surface area contributed by atoms with E-state index in [4.69, 9.17) is 5.26 Å². The smallest absolute Gasteiger partial charge is 0.0635 e. The molecule has 0 fully saturated rings. The Morgan fingerprint density at radius 2 is 1.78 bits per heavy atom. The van der Waals surface area contributed by atoms with Crippen molar-refractivity contribution in [1.82, 2.24) is 4.90 Å². The third kappa shape index (κ3) is 5.33. The molecule has 2 nitrogen and oxygen atoms in total. The van der Waals surface area contributed by atoms with Gasteiger partial charge in [0.1, 0.15) is 0 Å². The predicted molar refractivity (Wildman–Crippen MR) is 76.3 cm³/mol. The van der Waals surface area contributed by atoms with E-state index < -0.39 is 0 Å². The monoisotopic (exact) mass is 244 g/mol. The normalized spacial score (nSPS) is 10.9. The number of benzene rings is 1. The number of rotatable bonds is 6. The number of hydrogen-bond acceptors (Lipinski definition) is 2. The van der Waals surface area contributed by atoms with E-state index in [1.54, 1.807) is 0 Å². The van der Waals surface area contributed by atoms with Gasteiger partial charge < -0.3 is 0 Å². The summed E-state index contributed by atoms with van der Waals surface area (Å²) in [5.41, 5.74) is 3.98. The van der Waals surface area contributed by atoms with E-state index in [1.165, 1.54) is 16.7 Å². The topological polar surface area (TPSA) is 27.0 Å². The van der Waals surface area contributed by atoms with Gasteiger partial charge in [0.25, 0.3) is 0 Å². The Kier molecular flexibility index (Phi) is 5.88. The minimum atomic E-state index is 0.609. The maximum absolute atomic E-state index is 8.73. The summed E-state index contributed by atoms with van der Waals surface area (Å²) in [5.74, 6) is 0.634. The van der Waals surface area contributed by atoms with Gasteiger partial charge in [0.2, 0.25) is 0 Å². The van der Waals surface area contributed by atoms with Gasteiger partial charge in [-0.3, -0.25) is 4.90 Å². The molecule has 0 aliphatic carbocycles. The van der Waals surface area contributed by atoms with Crippen LogP contribution in [0.1, 0.15) is 37.0 Å². The van der Waals surface area contributed by atoms with E-state index >= 15 is 0 Å². The highest BCUT2D eigenvalue weighted by molar-refractivity contribution is 5.28. The van der Waals surface area contributed by atoms with E-state index in [9.17, 15) is 0 Å². The Morgan fingerprint density at radius 3 is 2.28 bits per heavy atom. The van der Waals surface area contributed by atoms with Gasteiger partial charge in [0.05, 0.1) is 6.07 Å². The van der Waals surface area contributed by atoms with Crippen molar-refractivity contribution in [3.63, 3.8) is 0 Å². The fourth-order valence-electron chi connectivity index (χ4n) is 2.38. The molecule has 0 saturated carbocycles. The standard InChI is InChI=1S/C16H24N2/c1-13(2)11-18(7-5-6-17)12-16-9-14(3)8-15(4)10-16/h8-10,13H,5,7,11-12H2,1-4H3. The molecule has 0 bridgehead atoms. The zero-order valence-corrected chi connectivity index (χ0v) is 12.0. The Morgan fingerprint density at radius 1 is 1.17 bits per heavy atom. The summed E-state index contributed by atoms with van der Waals surface area (Å²) < 4.78 is 0. The lowest BCUT2D eigenvalue weighted by Gasteiger charge is -2.23. The minimum absolute atomic E-state index is 0.609. The second-order valence-corrected chi connectivity index (χ2v) is 5.53. The highest BCUT2D eigenvalue weighted by Gasteiger charge is 2.08. The Hall–Kier alpha value is -1.33. The van der Waals surface area contributed by atoms with Crippen LogP contribution in [-0.2, 0) is 6.54 Å². The first-order valence-corrected chi connectivity index (χ1v) is 6.67. The molecule has 0 heterocycles. The van der Waals surface area contributed by atoms with Gasteiger partial charge in [-0.2, -0.15) is 5.26 Å². The molecule has 0 aliphatic heterocycles. The van der Waals surface area contributed by atoms with Gasteiger partial charge in [0, 0.05) is 26.1 Å². The van der Waals surface area contributed by atoms with Gasteiger partial charge in [-0.15, -0.1) is 0 Å². The Labute approximate surface area is 111 Å². The lowest BCUT2D eigenvalue weighted by molar-refractivity contribution is 0.241. The summed E-state index contributed by atoms with van der Waals surface area (Å²) in [6, 6.07) is 8.92. The van der Waals surface area contributed by atoms with Crippen LogP contribution in [0.15, 0.2) is 18.2 Å². The van der Waals surface area contributed by atoms with E-state index in [0.717, 1.165) is 19.6 Å². The molecular weight excluding hydrogens is 220 g/mol. The Bertz CT molecular complexity index is 395. The van der Waals surface area contributed by atoms with Gasteiger partial charge in [0.15, 0.2) is 0 Å². The van der Waals surface area contributed by atoms with E-state index in [-0.39, 0.29) is 0 Å². The van der Waals surface area contributed by atoms with Gasteiger partial charge in [-0.25, -0.2) is 0 Å². The first kappa shape index (κ1) is 14.7. The summed E-state index contributed by atoms with van der Waals surface area (Å²) in [5, 5.41) is 8.73. The second kappa shape index (κ2) is 7.18. The fraction of sp³-hybridized carbons (Fsp3) is 0.562. The third-order valence-corrected chi connectivity index (χ3v) is 2.85. The van der Waals surface area contributed by atoms with Crippen molar-refractivity contribution >= 4 is 0 Å². The molecule has 0 amide bonds. The SMILES string of the molecule is Cc1cc(C)cc(CN(CCC#N)CC(C)C)c1. The van der Waals surface area contributed by atoms with Crippen molar-refractivity contribution in [3.8, 4) is 6.07 Å². The third-order valence-electron chi connectivity index (χ3n) is 2.85. The van der Waals surface area contributed by atoms with Crippen molar-refractivity contribution in [2.24, 2.45) is 5.92 Å². The molecule has 0 aromatic heterocycles. The molecule has 18 heavy (non-hydrogen) atoms. The maximum atomic E-state index is 8.73. The fourth-order valence-corrected chi connectivity index (χ4v) is 2.38. The highest BCUT2D eigenvalue weighted by Crippen LogP contribution is 2.12. The van der Waals surface area contributed by atoms with Crippen LogP contribution in [0.25, 0.3) is 0 Å². The lowest BCUT2D eigenvalue weighted by atomic mass is 10.1. The van der Waals surface area contributed by atoms with Crippen molar-refractivity contribution in [3.05, 3.63) is 34.9 Å². The first-order chi connectivity index (χ1) is 8.51. The Balaban J connectivity index is 2.72. The molecule has 0 aliphatic rings. The number of aryl methyl sites for hydroxylation is 2.